The number of anilines is 1. The van der Waals surface area contributed by atoms with Crippen LogP contribution in [0.4, 0.5) is 5.82 Å². The average Bonchev–Trinajstić information content (AvgIpc) is 2.88. The number of nitrogens with zero attached hydrogens (tertiary/aromatic N) is 2. The summed E-state index contributed by atoms with van der Waals surface area (Å²) in [5.41, 5.74) is 5.62. The van der Waals surface area contributed by atoms with Crippen LogP contribution in [0.1, 0.15) is 12.8 Å². The summed E-state index contributed by atoms with van der Waals surface area (Å²) >= 11 is 0. The maximum atomic E-state index is 11.9. The number of aromatic nitrogens is 2. The SMILES string of the molecule is Cn1ncc(S(=O)(=O)NCC2CCCO2)c1N. The van der Waals surface area contributed by atoms with Crippen LogP contribution in [-0.4, -0.2) is 37.5 Å². The van der Waals surface area contributed by atoms with Gasteiger partial charge in [-0.25, -0.2) is 13.1 Å². The molecule has 0 bridgehead atoms. The van der Waals surface area contributed by atoms with Crippen molar-refractivity contribution in [1.82, 2.24) is 14.5 Å². The molecular weight excluding hydrogens is 244 g/mol. The molecule has 1 aliphatic heterocycles. The van der Waals surface area contributed by atoms with E-state index < -0.39 is 10.0 Å². The third-order valence-corrected chi connectivity index (χ3v) is 4.20. The summed E-state index contributed by atoms with van der Waals surface area (Å²) in [4.78, 5) is 0.0120. The number of nitrogens with one attached hydrogen (secondary N) is 1. The fourth-order valence-electron chi connectivity index (χ4n) is 1.72. The van der Waals surface area contributed by atoms with E-state index in [9.17, 15) is 8.42 Å². The van der Waals surface area contributed by atoms with Gasteiger partial charge in [-0.3, -0.25) is 4.68 Å². The first-order valence-electron chi connectivity index (χ1n) is 5.39. The molecule has 1 atom stereocenters. The second-order valence-electron chi connectivity index (χ2n) is 4.00. The molecule has 7 nitrogen and oxygen atoms in total. The average molecular weight is 260 g/mol. The first-order valence-corrected chi connectivity index (χ1v) is 6.88. The van der Waals surface area contributed by atoms with Crippen molar-refractivity contribution in [3.05, 3.63) is 6.20 Å². The van der Waals surface area contributed by atoms with E-state index in [4.69, 9.17) is 10.5 Å². The minimum atomic E-state index is -3.60. The lowest BCUT2D eigenvalue weighted by molar-refractivity contribution is 0.114. The van der Waals surface area contributed by atoms with Crippen LogP contribution in [0, 0.1) is 0 Å². The Balaban J connectivity index is 2.05. The van der Waals surface area contributed by atoms with Crippen LogP contribution < -0.4 is 10.5 Å². The van der Waals surface area contributed by atoms with Gasteiger partial charge in [0.25, 0.3) is 0 Å². The van der Waals surface area contributed by atoms with Gasteiger partial charge in [-0.2, -0.15) is 5.10 Å². The summed E-state index contributed by atoms with van der Waals surface area (Å²) in [6.07, 6.45) is 3.06. The fourth-order valence-corrected chi connectivity index (χ4v) is 2.87. The van der Waals surface area contributed by atoms with Crippen molar-refractivity contribution in [2.45, 2.75) is 23.8 Å². The molecule has 0 spiro atoms. The predicted molar refractivity (Wildman–Crippen MR) is 61.8 cm³/mol. The van der Waals surface area contributed by atoms with Gasteiger partial charge in [0.2, 0.25) is 10.0 Å². The molecule has 0 radical (unpaired) electrons. The van der Waals surface area contributed by atoms with Crippen LogP contribution in [0.15, 0.2) is 11.1 Å². The first-order chi connectivity index (χ1) is 8.00. The molecule has 0 saturated carbocycles. The Kier molecular flexibility index (Phi) is 3.36. The van der Waals surface area contributed by atoms with Crippen LogP contribution in [-0.2, 0) is 21.8 Å². The lowest BCUT2D eigenvalue weighted by Gasteiger charge is -2.10. The van der Waals surface area contributed by atoms with Crippen LogP contribution in [0.25, 0.3) is 0 Å². The zero-order valence-corrected chi connectivity index (χ0v) is 10.4. The standard InChI is InChI=1S/C9H16N4O3S/c1-13-9(10)8(6-11-13)17(14,15)12-5-7-3-2-4-16-7/h6-7,12H,2-5,10H2,1H3. The topological polar surface area (TPSA) is 99.2 Å². The van der Waals surface area contributed by atoms with Crippen LogP contribution >= 0.6 is 0 Å². The van der Waals surface area contributed by atoms with E-state index in [-0.39, 0.29) is 23.4 Å². The van der Waals surface area contributed by atoms with E-state index in [1.165, 1.54) is 10.9 Å². The van der Waals surface area contributed by atoms with Gasteiger partial charge in [0.1, 0.15) is 10.7 Å². The predicted octanol–water partition coefficient (Wildman–Crippen LogP) is -0.540. The Bertz CT molecular complexity index is 490. The van der Waals surface area contributed by atoms with Crippen molar-refractivity contribution in [3.63, 3.8) is 0 Å². The van der Waals surface area contributed by atoms with Gasteiger partial charge in [-0.15, -0.1) is 0 Å². The molecule has 0 aliphatic carbocycles. The van der Waals surface area contributed by atoms with Crippen molar-refractivity contribution in [2.75, 3.05) is 18.9 Å². The second-order valence-corrected chi connectivity index (χ2v) is 5.74. The molecule has 2 rings (SSSR count). The molecule has 96 valence electrons. The minimum Gasteiger partial charge on any atom is -0.383 e. The number of hydrogen-bond acceptors (Lipinski definition) is 5. The molecule has 1 aliphatic rings. The smallest absolute Gasteiger partial charge is 0.245 e. The van der Waals surface area contributed by atoms with E-state index in [1.807, 2.05) is 0 Å². The van der Waals surface area contributed by atoms with Crippen LogP contribution in [0.2, 0.25) is 0 Å². The van der Waals surface area contributed by atoms with E-state index in [2.05, 4.69) is 9.82 Å². The van der Waals surface area contributed by atoms with E-state index in [0.717, 1.165) is 12.8 Å². The maximum absolute atomic E-state index is 11.9. The number of hydrogen-bond donors (Lipinski definition) is 2. The highest BCUT2D eigenvalue weighted by Gasteiger charge is 2.23. The Labute approximate surface area is 100.0 Å². The second kappa shape index (κ2) is 4.63. The molecule has 1 fully saturated rings. The fraction of sp³-hybridized carbons (Fsp3) is 0.667. The highest BCUT2D eigenvalue weighted by Crippen LogP contribution is 2.17. The van der Waals surface area contributed by atoms with Crippen LogP contribution in [0.3, 0.4) is 0 Å². The van der Waals surface area contributed by atoms with Crippen molar-refractivity contribution < 1.29 is 13.2 Å². The lowest BCUT2D eigenvalue weighted by atomic mass is 10.2. The lowest BCUT2D eigenvalue weighted by Crippen LogP contribution is -2.32. The van der Waals surface area contributed by atoms with Gasteiger partial charge in [0.05, 0.1) is 12.3 Å². The Morgan fingerprint density at radius 3 is 3.00 bits per heavy atom. The number of rotatable bonds is 4. The molecule has 1 aromatic rings. The zero-order chi connectivity index (χ0) is 12.5. The van der Waals surface area contributed by atoms with Gasteiger partial charge in [0.15, 0.2) is 0 Å². The molecule has 0 amide bonds. The zero-order valence-electron chi connectivity index (χ0n) is 9.59. The summed E-state index contributed by atoms with van der Waals surface area (Å²) in [7, 11) is -2.00. The number of aryl methyl sites for hydroxylation is 1. The summed E-state index contributed by atoms with van der Waals surface area (Å²) in [5, 5.41) is 3.80. The van der Waals surface area contributed by atoms with Crippen LogP contribution in [0.5, 0.6) is 0 Å². The summed E-state index contributed by atoms with van der Waals surface area (Å²) < 4.78 is 33.0. The molecule has 8 heteroatoms. The molecule has 2 heterocycles. The third kappa shape index (κ3) is 2.59. The van der Waals surface area contributed by atoms with Gasteiger partial charge in [0, 0.05) is 20.2 Å². The molecule has 1 unspecified atom stereocenters. The van der Waals surface area contributed by atoms with Gasteiger partial charge < -0.3 is 10.5 Å². The third-order valence-electron chi connectivity index (χ3n) is 2.76. The normalized spacial score (nSPS) is 20.9. The summed E-state index contributed by atoms with van der Waals surface area (Å²) in [6.45, 7) is 0.970. The van der Waals surface area contributed by atoms with E-state index in [1.54, 1.807) is 7.05 Å². The number of sulfonamides is 1. The highest BCUT2D eigenvalue weighted by atomic mass is 32.2. The van der Waals surface area contributed by atoms with Gasteiger partial charge in [-0.1, -0.05) is 0 Å². The van der Waals surface area contributed by atoms with Crippen molar-refractivity contribution in [2.24, 2.45) is 7.05 Å². The van der Waals surface area contributed by atoms with E-state index >= 15 is 0 Å². The molecule has 1 aromatic heterocycles. The number of nitrogen functional groups attached to an aromatic ring is 1. The minimum absolute atomic E-state index is 0.0120. The Morgan fingerprint density at radius 2 is 2.47 bits per heavy atom. The monoisotopic (exact) mass is 260 g/mol. The van der Waals surface area contributed by atoms with E-state index in [0.29, 0.717) is 6.61 Å². The molecule has 1 saturated heterocycles. The number of nitrogens with two attached hydrogens (primary N) is 1. The first kappa shape index (κ1) is 12.3. The largest absolute Gasteiger partial charge is 0.383 e. The van der Waals surface area contributed by atoms with Gasteiger partial charge >= 0.3 is 0 Å². The quantitative estimate of drug-likeness (QED) is 0.757. The summed E-state index contributed by atoms with van der Waals surface area (Å²) in [6, 6.07) is 0. The van der Waals surface area contributed by atoms with Gasteiger partial charge in [-0.05, 0) is 12.8 Å². The number of ether oxygens (including phenoxy) is 1. The Hall–Kier alpha value is -1.12. The van der Waals surface area contributed by atoms with Crippen molar-refractivity contribution >= 4 is 15.8 Å². The molecule has 0 aromatic carbocycles. The molecule has 3 N–H and O–H groups in total. The van der Waals surface area contributed by atoms with Crippen molar-refractivity contribution in [1.29, 1.82) is 0 Å². The van der Waals surface area contributed by atoms with Crippen molar-refractivity contribution in [3.8, 4) is 0 Å². The molecular formula is C9H16N4O3S. The molecule has 17 heavy (non-hydrogen) atoms. The summed E-state index contributed by atoms with van der Waals surface area (Å²) in [5.74, 6) is 0.129. The Morgan fingerprint density at radius 1 is 1.71 bits per heavy atom. The highest BCUT2D eigenvalue weighted by molar-refractivity contribution is 7.89. The maximum Gasteiger partial charge on any atom is 0.245 e.